The first-order valence-corrected chi connectivity index (χ1v) is 10.1. The van der Waals surface area contributed by atoms with E-state index in [4.69, 9.17) is 10.1 Å². The molecule has 0 fully saturated rings. The van der Waals surface area contributed by atoms with Crippen molar-refractivity contribution >= 4 is 32.4 Å². The van der Waals surface area contributed by atoms with Crippen LogP contribution in [0.2, 0.25) is 0 Å². The van der Waals surface area contributed by atoms with Crippen LogP contribution < -0.4 is 10.5 Å². The Kier molecular flexibility index (Phi) is 4.29. The second kappa shape index (κ2) is 6.64. The van der Waals surface area contributed by atoms with Crippen LogP contribution in [0.25, 0.3) is 16.6 Å². The van der Waals surface area contributed by atoms with Gasteiger partial charge in [0.2, 0.25) is 10.0 Å². The molecule has 2 heterocycles. The van der Waals surface area contributed by atoms with Crippen LogP contribution in [-0.2, 0) is 16.4 Å². The molecule has 0 amide bonds. The Labute approximate surface area is 156 Å². The summed E-state index contributed by atoms with van der Waals surface area (Å²) in [7, 11) is -3.66. The van der Waals surface area contributed by atoms with Crippen LogP contribution in [0, 0.1) is 6.92 Å². The normalized spacial score (nSPS) is 11.9. The minimum absolute atomic E-state index is 0.119. The van der Waals surface area contributed by atoms with Crippen molar-refractivity contribution in [3.05, 3.63) is 65.9 Å². The quantitative estimate of drug-likeness (QED) is 0.553. The number of anilines is 1. The number of rotatable bonds is 5. The molecule has 2 aromatic heterocycles. The van der Waals surface area contributed by atoms with Gasteiger partial charge < -0.3 is 5.32 Å². The van der Waals surface area contributed by atoms with Crippen molar-refractivity contribution in [1.29, 1.82) is 0 Å². The highest BCUT2D eigenvalue weighted by molar-refractivity contribution is 7.89. The number of para-hydroxylation sites is 1. The van der Waals surface area contributed by atoms with Gasteiger partial charge in [0.1, 0.15) is 5.82 Å². The molecular formula is C19H19N5O2S. The highest BCUT2D eigenvalue weighted by atomic mass is 32.2. The lowest BCUT2D eigenvalue weighted by molar-refractivity contribution is 0.598. The second-order valence-electron chi connectivity index (χ2n) is 6.40. The van der Waals surface area contributed by atoms with Gasteiger partial charge in [-0.25, -0.2) is 23.1 Å². The summed E-state index contributed by atoms with van der Waals surface area (Å²) in [6.07, 6.45) is 0.727. The van der Waals surface area contributed by atoms with Gasteiger partial charge in [-0.2, -0.15) is 5.10 Å². The molecule has 4 aromatic rings. The monoisotopic (exact) mass is 381 g/mol. The van der Waals surface area contributed by atoms with Gasteiger partial charge in [-0.3, -0.25) is 0 Å². The summed E-state index contributed by atoms with van der Waals surface area (Å²) >= 11 is 0. The number of nitrogens with two attached hydrogens (primary N) is 1. The highest BCUT2D eigenvalue weighted by Gasteiger charge is 2.10. The van der Waals surface area contributed by atoms with Crippen LogP contribution in [0.3, 0.4) is 0 Å². The van der Waals surface area contributed by atoms with Crippen molar-refractivity contribution in [2.45, 2.75) is 18.2 Å². The maximum absolute atomic E-state index is 11.3. The second-order valence-corrected chi connectivity index (χ2v) is 7.96. The van der Waals surface area contributed by atoms with E-state index in [1.165, 1.54) is 12.1 Å². The van der Waals surface area contributed by atoms with E-state index in [9.17, 15) is 8.42 Å². The number of sulfonamides is 1. The summed E-state index contributed by atoms with van der Waals surface area (Å²) in [5, 5.41) is 14.0. The van der Waals surface area contributed by atoms with Gasteiger partial charge in [0.25, 0.3) is 0 Å². The maximum Gasteiger partial charge on any atom is 0.238 e. The lowest BCUT2D eigenvalue weighted by atomic mass is 10.1. The van der Waals surface area contributed by atoms with Gasteiger partial charge in [-0.15, -0.1) is 0 Å². The molecule has 7 nitrogen and oxygen atoms in total. The molecule has 0 aliphatic rings. The molecule has 0 aliphatic heterocycles. The van der Waals surface area contributed by atoms with Crippen LogP contribution in [-0.4, -0.2) is 29.6 Å². The van der Waals surface area contributed by atoms with Crippen molar-refractivity contribution in [2.75, 3.05) is 11.9 Å². The van der Waals surface area contributed by atoms with Crippen molar-refractivity contribution < 1.29 is 8.42 Å². The summed E-state index contributed by atoms with van der Waals surface area (Å²) in [6, 6.07) is 16.5. The van der Waals surface area contributed by atoms with Gasteiger partial charge >= 0.3 is 0 Å². The molecular weight excluding hydrogens is 362 g/mol. The van der Waals surface area contributed by atoms with Crippen molar-refractivity contribution in [3.8, 4) is 0 Å². The zero-order valence-electron chi connectivity index (χ0n) is 14.8. The number of hydrogen-bond acceptors (Lipinski definition) is 5. The van der Waals surface area contributed by atoms with Crippen molar-refractivity contribution in [3.63, 3.8) is 0 Å². The predicted molar refractivity (Wildman–Crippen MR) is 105 cm³/mol. The van der Waals surface area contributed by atoms with E-state index in [2.05, 4.69) is 10.4 Å². The van der Waals surface area contributed by atoms with Gasteiger partial charge in [0.05, 0.1) is 16.1 Å². The Bertz CT molecular complexity index is 1230. The summed E-state index contributed by atoms with van der Waals surface area (Å²) in [4.78, 5) is 4.81. The van der Waals surface area contributed by atoms with Gasteiger partial charge in [-0.05, 0) is 43.2 Å². The number of nitrogens with one attached hydrogen (secondary N) is 1. The fourth-order valence-corrected chi connectivity index (χ4v) is 3.60. The van der Waals surface area contributed by atoms with Gasteiger partial charge in [0, 0.05) is 18.0 Å². The Morgan fingerprint density at radius 2 is 1.85 bits per heavy atom. The number of primary sulfonamides is 1. The lowest BCUT2D eigenvalue weighted by Crippen LogP contribution is -2.12. The van der Waals surface area contributed by atoms with Gasteiger partial charge in [-0.1, -0.05) is 24.3 Å². The number of fused-ring (bicyclic) bond motifs is 3. The maximum atomic E-state index is 11.3. The zero-order chi connectivity index (χ0) is 19.0. The summed E-state index contributed by atoms with van der Waals surface area (Å²) in [5.74, 6) is 0.805. The molecule has 0 saturated heterocycles. The molecule has 138 valence electrons. The number of aryl methyl sites for hydroxylation is 1. The van der Waals surface area contributed by atoms with Crippen molar-refractivity contribution in [2.24, 2.45) is 5.14 Å². The first-order chi connectivity index (χ1) is 12.9. The fourth-order valence-electron chi connectivity index (χ4n) is 3.08. The third-order valence-electron chi connectivity index (χ3n) is 4.38. The smallest absolute Gasteiger partial charge is 0.238 e. The number of hydrogen-bond donors (Lipinski definition) is 2. The number of benzene rings is 2. The number of aromatic nitrogens is 3. The highest BCUT2D eigenvalue weighted by Crippen LogP contribution is 2.23. The van der Waals surface area contributed by atoms with E-state index in [1.54, 1.807) is 12.1 Å². The average molecular weight is 381 g/mol. The van der Waals surface area contributed by atoms with Crippen LogP contribution in [0.5, 0.6) is 0 Å². The van der Waals surface area contributed by atoms with E-state index in [0.29, 0.717) is 6.54 Å². The Morgan fingerprint density at radius 3 is 2.59 bits per heavy atom. The first kappa shape index (κ1) is 17.4. The summed E-state index contributed by atoms with van der Waals surface area (Å²) in [5.41, 5.74) is 3.72. The number of nitrogens with zero attached hydrogens (tertiary/aromatic N) is 3. The molecule has 0 atom stereocenters. The topological polar surface area (TPSA) is 102 Å². The molecule has 27 heavy (non-hydrogen) atoms. The third-order valence-corrected chi connectivity index (χ3v) is 5.31. The van der Waals surface area contributed by atoms with E-state index < -0.39 is 10.0 Å². The molecule has 4 rings (SSSR count). The molecule has 0 unspecified atom stereocenters. The van der Waals surface area contributed by atoms with Crippen LogP contribution >= 0.6 is 0 Å². The molecule has 0 spiro atoms. The molecule has 0 bridgehead atoms. The minimum Gasteiger partial charge on any atom is -0.369 e. The molecule has 2 aromatic carbocycles. The predicted octanol–water partition coefficient (Wildman–Crippen LogP) is 2.49. The largest absolute Gasteiger partial charge is 0.369 e. The molecule has 0 aliphatic carbocycles. The van der Waals surface area contributed by atoms with E-state index >= 15 is 0 Å². The SMILES string of the molecule is Cc1cc2nc(NCCc3ccc(S(N)(=O)=O)cc3)c3ccccc3n2n1. The van der Waals surface area contributed by atoms with Crippen LogP contribution in [0.15, 0.2) is 59.5 Å². The first-order valence-electron chi connectivity index (χ1n) is 8.52. The molecule has 0 saturated carbocycles. The molecule has 8 heteroatoms. The Hall–Kier alpha value is -2.97. The standard InChI is InChI=1S/C19H19N5O2S/c1-13-12-18-22-19(16-4-2-3-5-17(16)24(18)23-13)21-11-10-14-6-8-15(9-7-14)27(20,25)26/h2-9,12H,10-11H2,1H3,(H,21,22)(H2,20,25,26). The molecule has 3 N–H and O–H groups in total. The zero-order valence-corrected chi connectivity index (χ0v) is 15.6. The van der Waals surface area contributed by atoms with Gasteiger partial charge in [0.15, 0.2) is 5.65 Å². The Morgan fingerprint density at radius 1 is 1.11 bits per heavy atom. The van der Waals surface area contributed by atoms with E-state index in [1.807, 2.05) is 41.8 Å². The van der Waals surface area contributed by atoms with Crippen LogP contribution in [0.4, 0.5) is 5.82 Å². The van der Waals surface area contributed by atoms with E-state index in [0.717, 1.165) is 40.0 Å². The van der Waals surface area contributed by atoms with E-state index in [-0.39, 0.29) is 4.90 Å². The summed E-state index contributed by atoms with van der Waals surface area (Å²) < 4.78 is 24.5. The van der Waals surface area contributed by atoms with Crippen molar-refractivity contribution in [1.82, 2.24) is 14.6 Å². The third kappa shape index (κ3) is 3.49. The fraction of sp³-hybridized carbons (Fsp3) is 0.158. The average Bonchev–Trinajstić information content (AvgIpc) is 3.02. The molecule has 0 radical (unpaired) electrons. The summed E-state index contributed by atoms with van der Waals surface area (Å²) in [6.45, 7) is 2.61. The van der Waals surface area contributed by atoms with Crippen LogP contribution in [0.1, 0.15) is 11.3 Å². The minimum atomic E-state index is -3.66. The lowest BCUT2D eigenvalue weighted by Gasteiger charge is -2.10. The Balaban J connectivity index is 1.56.